The molecular weight excluding hydrogens is 423 g/mol. The second kappa shape index (κ2) is 7.84. The van der Waals surface area contributed by atoms with Gasteiger partial charge in [-0.25, -0.2) is 4.39 Å². The van der Waals surface area contributed by atoms with Gasteiger partial charge >= 0.3 is 0 Å². The van der Waals surface area contributed by atoms with Crippen LogP contribution in [0.4, 0.5) is 14.9 Å². The van der Waals surface area contributed by atoms with Gasteiger partial charge in [0.15, 0.2) is 0 Å². The molecule has 3 rings (SSSR count). The third kappa shape index (κ3) is 4.20. The van der Waals surface area contributed by atoms with Crippen molar-refractivity contribution in [3.05, 3.63) is 69.3 Å². The Hall–Kier alpha value is -2.45. The molecule has 1 N–H and O–H groups in total. The van der Waals surface area contributed by atoms with Crippen molar-refractivity contribution in [3.63, 3.8) is 0 Å². The van der Waals surface area contributed by atoms with Crippen molar-refractivity contribution in [1.29, 1.82) is 0 Å². The molecule has 0 radical (unpaired) electrons. The smallest absolute Gasteiger partial charge is 0.294 e. The molecule has 5 nitrogen and oxygen atoms in total. The first-order chi connectivity index (χ1) is 12.4. The minimum absolute atomic E-state index is 0.181. The minimum atomic E-state index is -0.552. The topological polar surface area (TPSA) is 66.5 Å². The summed E-state index contributed by atoms with van der Waals surface area (Å²) in [4.78, 5) is 37.6. The van der Waals surface area contributed by atoms with Crippen molar-refractivity contribution in [2.75, 3.05) is 11.9 Å². The average molecular weight is 435 g/mol. The van der Waals surface area contributed by atoms with E-state index in [1.54, 1.807) is 24.3 Å². The molecule has 0 unspecified atom stereocenters. The molecule has 0 bridgehead atoms. The van der Waals surface area contributed by atoms with E-state index in [-0.39, 0.29) is 15.9 Å². The molecule has 8 heteroatoms. The van der Waals surface area contributed by atoms with Gasteiger partial charge in [0, 0.05) is 5.69 Å². The SMILES string of the molecule is O=C(CN1C(=O)S/C(=C\c2ccc(F)c(Br)c2)C1=O)Nc1ccccc1. The van der Waals surface area contributed by atoms with Gasteiger partial charge in [-0.2, -0.15) is 0 Å². The maximum absolute atomic E-state index is 13.3. The lowest BCUT2D eigenvalue weighted by Crippen LogP contribution is -2.36. The highest BCUT2D eigenvalue weighted by Crippen LogP contribution is 2.32. The van der Waals surface area contributed by atoms with Crippen LogP contribution in [0, 0.1) is 5.82 Å². The van der Waals surface area contributed by atoms with E-state index in [9.17, 15) is 18.8 Å². The summed E-state index contributed by atoms with van der Waals surface area (Å²) in [6.07, 6.45) is 1.49. The fraction of sp³-hybridized carbons (Fsp3) is 0.0556. The van der Waals surface area contributed by atoms with Crippen LogP contribution >= 0.6 is 27.7 Å². The van der Waals surface area contributed by atoms with E-state index in [0.717, 1.165) is 16.7 Å². The number of rotatable bonds is 4. The molecule has 0 spiro atoms. The van der Waals surface area contributed by atoms with Crippen LogP contribution in [-0.2, 0) is 9.59 Å². The van der Waals surface area contributed by atoms with E-state index in [2.05, 4.69) is 21.2 Å². The molecule has 2 aromatic carbocycles. The average Bonchev–Trinajstić information content (AvgIpc) is 2.86. The maximum Gasteiger partial charge on any atom is 0.294 e. The second-order valence-corrected chi connectivity index (χ2v) is 7.20. The summed E-state index contributed by atoms with van der Waals surface area (Å²) in [7, 11) is 0. The third-order valence-corrected chi connectivity index (χ3v) is 4.99. The van der Waals surface area contributed by atoms with Gasteiger partial charge in [-0.15, -0.1) is 0 Å². The van der Waals surface area contributed by atoms with Gasteiger partial charge < -0.3 is 5.32 Å². The van der Waals surface area contributed by atoms with Gasteiger partial charge in [-0.3, -0.25) is 19.3 Å². The highest BCUT2D eigenvalue weighted by atomic mass is 79.9. The van der Waals surface area contributed by atoms with Crippen LogP contribution in [0.15, 0.2) is 57.9 Å². The Morgan fingerprint density at radius 1 is 1.19 bits per heavy atom. The fourth-order valence-corrected chi connectivity index (χ4v) is 3.49. The fourth-order valence-electron chi connectivity index (χ4n) is 2.26. The Bertz CT molecular complexity index is 918. The molecule has 1 heterocycles. The molecule has 1 aliphatic rings. The number of nitrogens with one attached hydrogen (secondary N) is 1. The zero-order chi connectivity index (χ0) is 18.7. The van der Waals surface area contributed by atoms with Crippen molar-refractivity contribution in [2.24, 2.45) is 0 Å². The number of nitrogens with zero attached hydrogens (tertiary/aromatic N) is 1. The number of hydrogen-bond donors (Lipinski definition) is 1. The van der Waals surface area contributed by atoms with Crippen LogP contribution in [0.3, 0.4) is 0 Å². The van der Waals surface area contributed by atoms with E-state index in [1.807, 2.05) is 6.07 Å². The Labute approximate surface area is 161 Å². The first kappa shape index (κ1) is 18.3. The van der Waals surface area contributed by atoms with E-state index in [0.29, 0.717) is 11.3 Å². The largest absolute Gasteiger partial charge is 0.325 e. The summed E-state index contributed by atoms with van der Waals surface area (Å²) in [5.74, 6) is -1.44. The molecule has 0 aliphatic carbocycles. The van der Waals surface area contributed by atoms with E-state index < -0.39 is 22.9 Å². The van der Waals surface area contributed by atoms with Crippen LogP contribution in [0.5, 0.6) is 0 Å². The predicted molar refractivity (Wildman–Crippen MR) is 102 cm³/mol. The summed E-state index contributed by atoms with van der Waals surface area (Å²) < 4.78 is 13.5. The third-order valence-electron chi connectivity index (χ3n) is 3.47. The first-order valence-electron chi connectivity index (χ1n) is 7.49. The lowest BCUT2D eigenvalue weighted by molar-refractivity contribution is -0.127. The van der Waals surface area contributed by atoms with Crippen molar-refractivity contribution in [1.82, 2.24) is 4.90 Å². The molecule has 0 atom stereocenters. The van der Waals surface area contributed by atoms with Gasteiger partial charge in [0.2, 0.25) is 5.91 Å². The lowest BCUT2D eigenvalue weighted by Gasteiger charge is -2.12. The molecule has 1 saturated heterocycles. The Balaban J connectivity index is 1.71. The van der Waals surface area contributed by atoms with E-state index in [4.69, 9.17) is 0 Å². The standard InChI is InChI=1S/C18H12BrFN2O3S/c19-13-8-11(6-7-14(13)20)9-15-17(24)22(18(25)26-15)10-16(23)21-12-4-2-1-3-5-12/h1-9H,10H2,(H,21,23)/b15-9-. The lowest BCUT2D eigenvalue weighted by atomic mass is 10.2. The summed E-state index contributed by atoms with van der Waals surface area (Å²) in [6.45, 7) is -0.371. The van der Waals surface area contributed by atoms with Gasteiger partial charge in [0.25, 0.3) is 11.1 Å². The zero-order valence-electron chi connectivity index (χ0n) is 13.2. The molecule has 1 fully saturated rings. The number of anilines is 1. The molecule has 132 valence electrons. The number of carbonyl (C=O) groups excluding carboxylic acids is 3. The number of hydrogen-bond acceptors (Lipinski definition) is 4. The number of amides is 3. The molecule has 3 amide bonds. The van der Waals surface area contributed by atoms with Crippen LogP contribution in [-0.4, -0.2) is 28.5 Å². The zero-order valence-corrected chi connectivity index (χ0v) is 15.6. The summed E-state index contributed by atoms with van der Waals surface area (Å²) in [5, 5.41) is 2.10. The van der Waals surface area contributed by atoms with E-state index in [1.165, 1.54) is 24.3 Å². The highest BCUT2D eigenvalue weighted by molar-refractivity contribution is 9.10. The number of imide groups is 1. The highest BCUT2D eigenvalue weighted by Gasteiger charge is 2.36. The van der Waals surface area contributed by atoms with Gasteiger partial charge in [-0.1, -0.05) is 24.3 Å². The molecule has 0 aromatic heterocycles. The number of para-hydroxylation sites is 1. The minimum Gasteiger partial charge on any atom is -0.325 e. The van der Waals surface area contributed by atoms with Crippen LogP contribution in [0.1, 0.15) is 5.56 Å². The molecule has 26 heavy (non-hydrogen) atoms. The number of halogens is 2. The molecule has 1 aliphatic heterocycles. The van der Waals surface area contributed by atoms with Crippen LogP contribution < -0.4 is 5.32 Å². The number of thioether (sulfide) groups is 1. The van der Waals surface area contributed by atoms with Crippen molar-refractivity contribution in [3.8, 4) is 0 Å². The predicted octanol–water partition coefficient (Wildman–Crippen LogP) is 4.26. The first-order valence-corrected chi connectivity index (χ1v) is 9.10. The summed E-state index contributed by atoms with van der Waals surface area (Å²) in [6, 6.07) is 13.0. The molecule has 2 aromatic rings. The van der Waals surface area contributed by atoms with Gasteiger partial charge in [0.05, 0.1) is 9.38 Å². The monoisotopic (exact) mass is 434 g/mol. The Morgan fingerprint density at radius 3 is 2.62 bits per heavy atom. The summed E-state index contributed by atoms with van der Waals surface area (Å²) in [5.41, 5.74) is 1.15. The Kier molecular flexibility index (Phi) is 5.53. The molecular formula is C18H12BrFN2O3S. The summed E-state index contributed by atoms with van der Waals surface area (Å²) >= 11 is 3.82. The second-order valence-electron chi connectivity index (χ2n) is 5.36. The Morgan fingerprint density at radius 2 is 1.92 bits per heavy atom. The number of carbonyl (C=O) groups is 3. The maximum atomic E-state index is 13.3. The van der Waals surface area contributed by atoms with Gasteiger partial charge in [-0.05, 0) is 63.6 Å². The molecule has 0 saturated carbocycles. The van der Waals surface area contributed by atoms with Crippen molar-refractivity contribution < 1.29 is 18.8 Å². The van der Waals surface area contributed by atoms with Crippen LogP contribution in [0.2, 0.25) is 0 Å². The van der Waals surface area contributed by atoms with Gasteiger partial charge in [0.1, 0.15) is 12.4 Å². The normalized spacial score (nSPS) is 15.6. The number of benzene rings is 2. The van der Waals surface area contributed by atoms with Crippen LogP contribution in [0.25, 0.3) is 6.08 Å². The van der Waals surface area contributed by atoms with Crippen molar-refractivity contribution >= 4 is 56.5 Å². The van der Waals surface area contributed by atoms with Crippen molar-refractivity contribution in [2.45, 2.75) is 0 Å². The quantitative estimate of drug-likeness (QED) is 0.729. The van der Waals surface area contributed by atoms with E-state index >= 15 is 0 Å².